The maximum Gasteiger partial charge on any atom is 0.160 e. The normalized spacial score (nSPS) is 31.6. The summed E-state index contributed by atoms with van der Waals surface area (Å²) in [6.07, 6.45) is 0.795. The number of hydrogen-bond donors (Lipinski definition) is 0. The Hall–Kier alpha value is -1.17. The minimum Gasteiger partial charge on any atom is -0.299 e. The molecule has 1 fully saturated rings. The molecule has 3 heteroatoms. The Morgan fingerprint density at radius 1 is 1.55 bits per heavy atom. The Morgan fingerprint density at radius 2 is 2.18 bits per heavy atom. The molecule has 0 amide bonds. The second-order valence-corrected chi connectivity index (χ2v) is 2.81. The van der Waals surface area contributed by atoms with Crippen molar-refractivity contribution >= 4 is 11.6 Å². The molecule has 1 aliphatic carbocycles. The van der Waals surface area contributed by atoms with Gasteiger partial charge in [-0.05, 0) is 13.3 Å². The van der Waals surface area contributed by atoms with E-state index >= 15 is 0 Å². The van der Waals surface area contributed by atoms with Gasteiger partial charge in [0.2, 0.25) is 0 Å². The van der Waals surface area contributed by atoms with Gasteiger partial charge in [0.25, 0.3) is 0 Å². The first kappa shape index (κ1) is 7.93. The summed E-state index contributed by atoms with van der Waals surface area (Å²) in [5.74, 6) is -1.32. The fourth-order valence-electron chi connectivity index (χ4n) is 1.23. The Labute approximate surface area is 65.0 Å². The maximum absolute atomic E-state index is 11.1. The van der Waals surface area contributed by atoms with E-state index in [2.05, 4.69) is 0 Å². The van der Waals surface area contributed by atoms with E-state index in [9.17, 15) is 9.59 Å². The Balaban J connectivity index is 2.77. The smallest absolute Gasteiger partial charge is 0.160 e. The van der Waals surface area contributed by atoms with E-state index in [0.29, 0.717) is 12.8 Å². The summed E-state index contributed by atoms with van der Waals surface area (Å²) in [6, 6.07) is 1.90. The second kappa shape index (κ2) is 2.83. The van der Waals surface area contributed by atoms with Crippen LogP contribution in [0.15, 0.2) is 0 Å². The zero-order valence-corrected chi connectivity index (χ0v) is 6.33. The molecule has 3 nitrogen and oxygen atoms in total. The number of nitriles is 1. The van der Waals surface area contributed by atoms with E-state index in [4.69, 9.17) is 5.26 Å². The van der Waals surface area contributed by atoms with Crippen molar-refractivity contribution in [2.24, 2.45) is 11.8 Å². The first-order valence-electron chi connectivity index (χ1n) is 3.63. The SMILES string of the molecule is CC1C(=O)CCC(C#N)C1=O. The number of hydrogen-bond acceptors (Lipinski definition) is 3. The summed E-state index contributed by atoms with van der Waals surface area (Å²) in [6.45, 7) is 1.58. The van der Waals surface area contributed by atoms with Crippen LogP contribution in [-0.4, -0.2) is 11.6 Å². The lowest BCUT2D eigenvalue weighted by Crippen LogP contribution is -2.32. The molecule has 0 aromatic carbocycles. The molecule has 11 heavy (non-hydrogen) atoms. The van der Waals surface area contributed by atoms with Gasteiger partial charge < -0.3 is 0 Å². The fraction of sp³-hybridized carbons (Fsp3) is 0.625. The lowest BCUT2D eigenvalue weighted by molar-refractivity contribution is -0.136. The first-order chi connectivity index (χ1) is 5.16. The Morgan fingerprint density at radius 3 is 2.73 bits per heavy atom. The van der Waals surface area contributed by atoms with Gasteiger partial charge >= 0.3 is 0 Å². The van der Waals surface area contributed by atoms with Crippen LogP contribution >= 0.6 is 0 Å². The maximum atomic E-state index is 11.1. The fourth-order valence-corrected chi connectivity index (χ4v) is 1.23. The molecule has 1 aliphatic rings. The lowest BCUT2D eigenvalue weighted by Gasteiger charge is -2.18. The summed E-state index contributed by atoms with van der Waals surface area (Å²) >= 11 is 0. The van der Waals surface area contributed by atoms with Crippen LogP contribution < -0.4 is 0 Å². The van der Waals surface area contributed by atoms with Crippen LogP contribution in [0.3, 0.4) is 0 Å². The number of ketones is 2. The Kier molecular flexibility index (Phi) is 2.04. The summed E-state index contributed by atoms with van der Waals surface area (Å²) in [4.78, 5) is 22.1. The van der Waals surface area contributed by atoms with Crippen LogP contribution in [0.1, 0.15) is 19.8 Å². The average molecular weight is 151 g/mol. The molecule has 0 aromatic rings. The highest BCUT2D eigenvalue weighted by Crippen LogP contribution is 2.21. The summed E-state index contributed by atoms with van der Waals surface area (Å²) in [7, 11) is 0. The molecule has 58 valence electrons. The van der Waals surface area contributed by atoms with E-state index in [0.717, 1.165) is 0 Å². The molecule has 0 aliphatic heterocycles. The van der Waals surface area contributed by atoms with Gasteiger partial charge in [0, 0.05) is 6.42 Å². The summed E-state index contributed by atoms with van der Waals surface area (Å²) < 4.78 is 0. The van der Waals surface area contributed by atoms with Crippen molar-refractivity contribution in [1.82, 2.24) is 0 Å². The van der Waals surface area contributed by atoms with Gasteiger partial charge in [-0.3, -0.25) is 9.59 Å². The van der Waals surface area contributed by atoms with Crippen molar-refractivity contribution in [3.8, 4) is 6.07 Å². The van der Waals surface area contributed by atoms with Crippen LogP contribution in [0.25, 0.3) is 0 Å². The largest absolute Gasteiger partial charge is 0.299 e. The summed E-state index contributed by atoms with van der Waals surface area (Å²) in [5, 5.41) is 8.48. The highest BCUT2D eigenvalue weighted by atomic mass is 16.2. The van der Waals surface area contributed by atoms with Crippen LogP contribution in [0, 0.1) is 23.2 Å². The van der Waals surface area contributed by atoms with Crippen LogP contribution in [0.4, 0.5) is 0 Å². The first-order valence-corrected chi connectivity index (χ1v) is 3.63. The topological polar surface area (TPSA) is 57.9 Å². The minimum atomic E-state index is -0.548. The van der Waals surface area contributed by atoms with E-state index in [1.807, 2.05) is 6.07 Å². The molecular formula is C8H9NO2. The number of carbonyl (C=O) groups is 2. The predicted molar refractivity (Wildman–Crippen MR) is 37.5 cm³/mol. The van der Waals surface area contributed by atoms with Crippen molar-refractivity contribution in [2.75, 3.05) is 0 Å². The van der Waals surface area contributed by atoms with Crippen LogP contribution in [-0.2, 0) is 9.59 Å². The molecule has 1 saturated carbocycles. The zero-order chi connectivity index (χ0) is 8.43. The van der Waals surface area contributed by atoms with Gasteiger partial charge in [-0.1, -0.05) is 0 Å². The van der Waals surface area contributed by atoms with E-state index < -0.39 is 11.8 Å². The number of nitrogens with zero attached hydrogens (tertiary/aromatic N) is 1. The summed E-state index contributed by atoms with van der Waals surface area (Å²) in [5.41, 5.74) is 0. The van der Waals surface area contributed by atoms with E-state index in [-0.39, 0.29) is 11.6 Å². The van der Waals surface area contributed by atoms with Gasteiger partial charge in [0.05, 0.1) is 12.0 Å². The van der Waals surface area contributed by atoms with Gasteiger partial charge in [0.1, 0.15) is 11.7 Å². The van der Waals surface area contributed by atoms with Crippen molar-refractivity contribution in [2.45, 2.75) is 19.8 Å². The van der Waals surface area contributed by atoms with Crippen molar-refractivity contribution in [1.29, 1.82) is 5.26 Å². The average Bonchev–Trinajstić information content (AvgIpc) is 2.01. The molecule has 0 N–H and O–H groups in total. The molecule has 2 atom stereocenters. The molecule has 0 saturated heterocycles. The zero-order valence-electron chi connectivity index (χ0n) is 6.33. The monoisotopic (exact) mass is 151 g/mol. The van der Waals surface area contributed by atoms with Gasteiger partial charge in [-0.2, -0.15) is 5.26 Å². The van der Waals surface area contributed by atoms with Gasteiger partial charge in [-0.25, -0.2) is 0 Å². The van der Waals surface area contributed by atoms with Crippen molar-refractivity contribution < 1.29 is 9.59 Å². The van der Waals surface area contributed by atoms with E-state index in [1.54, 1.807) is 6.92 Å². The van der Waals surface area contributed by atoms with Crippen molar-refractivity contribution in [3.63, 3.8) is 0 Å². The van der Waals surface area contributed by atoms with E-state index in [1.165, 1.54) is 0 Å². The molecular weight excluding hydrogens is 142 g/mol. The number of carbonyl (C=O) groups excluding carboxylic acids is 2. The predicted octanol–water partition coefficient (Wildman–Crippen LogP) is 0.694. The standard InChI is InChI=1S/C8H9NO2/c1-5-7(10)3-2-6(4-9)8(5)11/h5-6H,2-3H2,1H3. The molecule has 0 spiro atoms. The van der Waals surface area contributed by atoms with Crippen molar-refractivity contribution in [3.05, 3.63) is 0 Å². The molecule has 0 bridgehead atoms. The second-order valence-electron chi connectivity index (χ2n) is 2.81. The minimum absolute atomic E-state index is 0.0264. The lowest BCUT2D eigenvalue weighted by atomic mass is 9.81. The number of Topliss-reactive ketones (excluding diaryl/α,β-unsaturated/α-hetero) is 2. The third-order valence-electron chi connectivity index (χ3n) is 2.09. The number of rotatable bonds is 0. The quantitative estimate of drug-likeness (QED) is 0.479. The molecule has 1 rings (SSSR count). The van der Waals surface area contributed by atoms with Crippen LogP contribution in [0.5, 0.6) is 0 Å². The Bertz CT molecular complexity index is 239. The van der Waals surface area contributed by atoms with Gasteiger partial charge in [-0.15, -0.1) is 0 Å². The van der Waals surface area contributed by atoms with Gasteiger partial charge in [0.15, 0.2) is 5.78 Å². The highest BCUT2D eigenvalue weighted by molar-refractivity contribution is 6.05. The highest BCUT2D eigenvalue weighted by Gasteiger charge is 2.33. The van der Waals surface area contributed by atoms with Crippen LogP contribution in [0.2, 0.25) is 0 Å². The molecule has 0 radical (unpaired) electrons. The molecule has 0 heterocycles. The third kappa shape index (κ3) is 1.30. The molecule has 0 aromatic heterocycles. The third-order valence-corrected chi connectivity index (χ3v) is 2.09. The molecule has 2 unspecified atom stereocenters.